The zero-order chi connectivity index (χ0) is 9.52. The van der Waals surface area contributed by atoms with Gasteiger partial charge < -0.3 is 0 Å². The van der Waals surface area contributed by atoms with E-state index in [2.05, 4.69) is 6.92 Å². The lowest BCUT2D eigenvalue weighted by molar-refractivity contribution is 0.626. The maximum atomic E-state index is 12.5. The van der Waals surface area contributed by atoms with Crippen LogP contribution in [0.2, 0.25) is 0 Å². The Morgan fingerprint density at radius 2 is 1.85 bits per heavy atom. The van der Waals surface area contributed by atoms with Crippen LogP contribution in [0, 0.1) is 5.82 Å². The highest BCUT2D eigenvalue weighted by molar-refractivity contribution is 7.99. The SMILES string of the molecule is CCCCCSc1ccc(F)cc1. The predicted molar refractivity (Wildman–Crippen MR) is 56.6 cm³/mol. The predicted octanol–water partition coefficient (Wildman–Crippen LogP) is 4.11. The molecule has 72 valence electrons. The zero-order valence-corrected chi connectivity index (χ0v) is 8.74. The Kier molecular flexibility index (Phi) is 4.91. The Labute approximate surface area is 83.5 Å². The maximum Gasteiger partial charge on any atom is 0.123 e. The summed E-state index contributed by atoms with van der Waals surface area (Å²) in [5.41, 5.74) is 0. The van der Waals surface area contributed by atoms with Gasteiger partial charge in [-0.25, -0.2) is 4.39 Å². The molecule has 0 atom stereocenters. The maximum absolute atomic E-state index is 12.5. The van der Waals surface area contributed by atoms with Crippen molar-refractivity contribution in [2.75, 3.05) is 5.75 Å². The van der Waals surface area contributed by atoms with Gasteiger partial charge in [-0.1, -0.05) is 19.8 Å². The molecule has 0 aliphatic carbocycles. The quantitative estimate of drug-likeness (QED) is 0.507. The first kappa shape index (κ1) is 10.6. The highest BCUT2D eigenvalue weighted by Gasteiger charge is 1.94. The molecular weight excluding hydrogens is 183 g/mol. The molecule has 1 rings (SSSR count). The second kappa shape index (κ2) is 6.03. The topological polar surface area (TPSA) is 0 Å². The Morgan fingerprint density at radius 3 is 2.46 bits per heavy atom. The zero-order valence-electron chi connectivity index (χ0n) is 7.92. The normalized spacial score (nSPS) is 10.3. The Morgan fingerprint density at radius 1 is 1.15 bits per heavy atom. The van der Waals surface area contributed by atoms with Gasteiger partial charge in [-0.3, -0.25) is 0 Å². The minimum Gasteiger partial charge on any atom is -0.207 e. The molecule has 13 heavy (non-hydrogen) atoms. The van der Waals surface area contributed by atoms with Crippen LogP contribution in [-0.4, -0.2) is 5.75 Å². The lowest BCUT2D eigenvalue weighted by Gasteiger charge is -2.00. The van der Waals surface area contributed by atoms with Crippen LogP contribution in [0.15, 0.2) is 29.2 Å². The molecule has 0 amide bonds. The minimum absolute atomic E-state index is 0.155. The number of thioether (sulfide) groups is 1. The molecule has 0 saturated carbocycles. The van der Waals surface area contributed by atoms with Gasteiger partial charge in [0, 0.05) is 4.90 Å². The fourth-order valence-electron chi connectivity index (χ4n) is 1.07. The van der Waals surface area contributed by atoms with Crippen molar-refractivity contribution >= 4 is 11.8 Å². The molecule has 0 spiro atoms. The van der Waals surface area contributed by atoms with E-state index in [0.29, 0.717) is 0 Å². The number of rotatable bonds is 5. The van der Waals surface area contributed by atoms with Crippen LogP contribution in [-0.2, 0) is 0 Å². The molecule has 0 unspecified atom stereocenters. The van der Waals surface area contributed by atoms with Crippen LogP contribution in [0.1, 0.15) is 26.2 Å². The third-order valence-electron chi connectivity index (χ3n) is 1.83. The average molecular weight is 198 g/mol. The molecule has 0 heterocycles. The first-order valence-corrected chi connectivity index (χ1v) is 5.70. The van der Waals surface area contributed by atoms with Crippen LogP contribution < -0.4 is 0 Å². The number of hydrogen-bond donors (Lipinski definition) is 0. The fourth-order valence-corrected chi connectivity index (χ4v) is 1.99. The van der Waals surface area contributed by atoms with Crippen LogP contribution in [0.4, 0.5) is 4.39 Å². The molecule has 0 radical (unpaired) electrons. The molecule has 2 heteroatoms. The van der Waals surface area contributed by atoms with Gasteiger partial charge >= 0.3 is 0 Å². The number of halogens is 1. The van der Waals surface area contributed by atoms with Gasteiger partial charge in [-0.15, -0.1) is 11.8 Å². The first-order chi connectivity index (χ1) is 6.33. The van der Waals surface area contributed by atoms with Crippen LogP contribution in [0.25, 0.3) is 0 Å². The van der Waals surface area contributed by atoms with Crippen molar-refractivity contribution < 1.29 is 4.39 Å². The van der Waals surface area contributed by atoms with Crippen molar-refractivity contribution in [3.05, 3.63) is 30.1 Å². The van der Waals surface area contributed by atoms with E-state index >= 15 is 0 Å². The van der Waals surface area contributed by atoms with Gasteiger partial charge in [0.25, 0.3) is 0 Å². The van der Waals surface area contributed by atoms with Crippen molar-refractivity contribution in [2.45, 2.75) is 31.1 Å². The molecular formula is C11H15FS. The average Bonchev–Trinajstić information content (AvgIpc) is 2.15. The van der Waals surface area contributed by atoms with Crippen LogP contribution in [0.3, 0.4) is 0 Å². The summed E-state index contributed by atoms with van der Waals surface area (Å²) < 4.78 is 12.5. The van der Waals surface area contributed by atoms with Crippen molar-refractivity contribution in [3.63, 3.8) is 0 Å². The standard InChI is InChI=1S/C11H15FS/c1-2-3-4-9-13-11-7-5-10(12)6-8-11/h5-8H,2-4,9H2,1H3. The highest BCUT2D eigenvalue weighted by atomic mass is 32.2. The molecule has 1 aromatic rings. The summed E-state index contributed by atoms with van der Waals surface area (Å²) in [5.74, 6) is 0.984. The van der Waals surface area contributed by atoms with Gasteiger partial charge in [0.05, 0.1) is 0 Å². The molecule has 0 saturated heterocycles. The highest BCUT2D eigenvalue weighted by Crippen LogP contribution is 2.19. The van der Waals surface area contributed by atoms with Gasteiger partial charge in [0.1, 0.15) is 5.82 Å². The van der Waals surface area contributed by atoms with Gasteiger partial charge in [0.2, 0.25) is 0 Å². The van der Waals surface area contributed by atoms with Crippen molar-refractivity contribution in [1.82, 2.24) is 0 Å². The molecule has 0 bridgehead atoms. The van der Waals surface area contributed by atoms with Gasteiger partial charge in [-0.05, 0) is 36.4 Å². The van der Waals surface area contributed by atoms with Crippen molar-refractivity contribution in [3.8, 4) is 0 Å². The van der Waals surface area contributed by atoms with E-state index in [-0.39, 0.29) is 5.82 Å². The fraction of sp³-hybridized carbons (Fsp3) is 0.455. The third kappa shape index (κ3) is 4.32. The monoisotopic (exact) mass is 198 g/mol. The first-order valence-electron chi connectivity index (χ1n) is 4.71. The Balaban J connectivity index is 2.25. The molecule has 0 aromatic heterocycles. The Bertz CT molecular complexity index is 230. The summed E-state index contributed by atoms with van der Waals surface area (Å²) >= 11 is 1.80. The van der Waals surface area contributed by atoms with Gasteiger partial charge in [-0.2, -0.15) is 0 Å². The lowest BCUT2D eigenvalue weighted by Crippen LogP contribution is -1.80. The van der Waals surface area contributed by atoms with E-state index in [0.717, 1.165) is 10.6 Å². The lowest BCUT2D eigenvalue weighted by atomic mass is 10.3. The third-order valence-corrected chi connectivity index (χ3v) is 2.93. The molecule has 1 aromatic carbocycles. The summed E-state index contributed by atoms with van der Waals surface area (Å²) in [6.45, 7) is 2.20. The summed E-state index contributed by atoms with van der Waals surface area (Å²) in [5, 5.41) is 0. The molecule has 0 N–H and O–H groups in total. The number of benzene rings is 1. The molecule has 0 nitrogen and oxygen atoms in total. The molecule has 0 aliphatic rings. The Hall–Kier alpha value is -0.500. The van der Waals surface area contributed by atoms with E-state index in [1.165, 1.54) is 31.4 Å². The smallest absolute Gasteiger partial charge is 0.123 e. The largest absolute Gasteiger partial charge is 0.207 e. The van der Waals surface area contributed by atoms with E-state index in [9.17, 15) is 4.39 Å². The second-order valence-corrected chi connectivity index (χ2v) is 4.18. The van der Waals surface area contributed by atoms with Crippen molar-refractivity contribution in [1.29, 1.82) is 0 Å². The van der Waals surface area contributed by atoms with Crippen molar-refractivity contribution in [2.24, 2.45) is 0 Å². The summed E-state index contributed by atoms with van der Waals surface area (Å²) in [6, 6.07) is 6.71. The summed E-state index contributed by atoms with van der Waals surface area (Å²) in [4.78, 5) is 1.16. The second-order valence-electron chi connectivity index (χ2n) is 3.01. The van der Waals surface area contributed by atoms with Crippen LogP contribution >= 0.6 is 11.8 Å². The summed E-state index contributed by atoms with van der Waals surface area (Å²) in [6.07, 6.45) is 3.79. The molecule has 0 aliphatic heterocycles. The summed E-state index contributed by atoms with van der Waals surface area (Å²) in [7, 11) is 0. The van der Waals surface area contributed by atoms with E-state index < -0.39 is 0 Å². The number of unbranched alkanes of at least 4 members (excludes halogenated alkanes) is 2. The minimum atomic E-state index is -0.155. The number of hydrogen-bond acceptors (Lipinski definition) is 1. The van der Waals surface area contributed by atoms with Crippen LogP contribution in [0.5, 0.6) is 0 Å². The molecule has 0 fully saturated rings. The van der Waals surface area contributed by atoms with E-state index in [4.69, 9.17) is 0 Å². The van der Waals surface area contributed by atoms with Gasteiger partial charge in [0.15, 0.2) is 0 Å². The van der Waals surface area contributed by atoms with E-state index in [1.54, 1.807) is 11.8 Å². The van der Waals surface area contributed by atoms with E-state index in [1.807, 2.05) is 12.1 Å².